The lowest BCUT2D eigenvalue weighted by Crippen LogP contribution is -2.30. The van der Waals surface area contributed by atoms with E-state index >= 15 is 0 Å². The number of aliphatic hydroxyl groups is 1. The molecule has 0 saturated heterocycles. The molecule has 3 N–H and O–H groups in total. The number of ether oxygens (including phenoxy) is 1. The first-order valence-electron chi connectivity index (χ1n) is 10.3. The first-order valence-corrected chi connectivity index (χ1v) is 10.6. The topological polar surface area (TPSA) is 113 Å². The number of anilines is 1. The Morgan fingerprint density at radius 1 is 1.45 bits per heavy atom. The van der Waals surface area contributed by atoms with Crippen LogP contribution in [0.25, 0.3) is 17.3 Å². The van der Waals surface area contributed by atoms with Gasteiger partial charge in [-0.1, -0.05) is 17.7 Å². The quantitative estimate of drug-likeness (QED) is 0.430. The average Bonchev–Trinajstić information content (AvgIpc) is 3.36. The van der Waals surface area contributed by atoms with Gasteiger partial charge in [0.05, 0.1) is 29.1 Å². The summed E-state index contributed by atoms with van der Waals surface area (Å²) in [6.45, 7) is 4.06. The van der Waals surface area contributed by atoms with Crippen molar-refractivity contribution in [1.82, 2.24) is 24.7 Å². The van der Waals surface area contributed by atoms with Crippen LogP contribution in [0.1, 0.15) is 25.0 Å². The molecule has 0 aliphatic carbocycles. The van der Waals surface area contributed by atoms with Crippen molar-refractivity contribution in [1.29, 1.82) is 0 Å². The van der Waals surface area contributed by atoms with E-state index in [1.165, 1.54) is 0 Å². The Hall–Kier alpha value is -2.75. The number of nitrogens with zero attached hydrogens (tertiary/aromatic N) is 5. The van der Waals surface area contributed by atoms with E-state index in [1.807, 2.05) is 16.9 Å². The van der Waals surface area contributed by atoms with Crippen LogP contribution in [-0.4, -0.2) is 62.7 Å². The summed E-state index contributed by atoms with van der Waals surface area (Å²) >= 11 is 6.33. The fraction of sp³-hybridized carbons (Fsp3) is 0.429. The summed E-state index contributed by atoms with van der Waals surface area (Å²) in [5, 5.41) is 19.0. The van der Waals surface area contributed by atoms with Crippen molar-refractivity contribution in [2.75, 3.05) is 32.1 Å². The number of hydrogen-bond donors (Lipinski definition) is 3. The van der Waals surface area contributed by atoms with E-state index in [0.29, 0.717) is 30.7 Å². The first-order chi connectivity index (χ1) is 15.0. The summed E-state index contributed by atoms with van der Waals surface area (Å²) in [7, 11) is 1.69. The molecule has 0 radical (unpaired) electrons. The van der Waals surface area contributed by atoms with Crippen molar-refractivity contribution in [2.45, 2.75) is 31.9 Å². The number of hydrogen-bond acceptors (Lipinski definition) is 7. The maximum Gasteiger partial charge on any atom is 0.223 e. The van der Waals surface area contributed by atoms with Gasteiger partial charge in [-0.15, -0.1) is 0 Å². The Morgan fingerprint density at radius 2 is 2.32 bits per heavy atom. The van der Waals surface area contributed by atoms with E-state index in [2.05, 4.69) is 31.3 Å². The van der Waals surface area contributed by atoms with Gasteiger partial charge in [-0.3, -0.25) is 9.67 Å². The third-order valence-electron chi connectivity index (χ3n) is 5.03. The van der Waals surface area contributed by atoms with Crippen molar-refractivity contribution >= 4 is 23.6 Å². The van der Waals surface area contributed by atoms with Gasteiger partial charge in [-0.05, 0) is 19.4 Å². The van der Waals surface area contributed by atoms with Crippen LogP contribution >= 0.6 is 11.6 Å². The standard InChI is InChI=1S/C21H26ClN7O2/c1-13(30)9-26-21-23-5-4-18(27-21)16-12-29(6-3-7-31-2)28-19(16)14-8-15-17(22)11-25-20(15)24-10-14/h4-5,8,11-14,30H,3,6-7,9-10H2,1-2H3,(H,24,25)(H,23,26,27)/t13-,14?/m0/s1. The average molecular weight is 444 g/mol. The summed E-state index contributed by atoms with van der Waals surface area (Å²) in [5.41, 5.74) is 3.38. The Labute approximate surface area is 184 Å². The van der Waals surface area contributed by atoms with Crippen LogP contribution in [0.2, 0.25) is 5.02 Å². The normalized spacial score (nSPS) is 16.3. The molecule has 0 aromatic carbocycles. The highest BCUT2D eigenvalue weighted by atomic mass is 35.5. The van der Waals surface area contributed by atoms with Gasteiger partial charge in [0.2, 0.25) is 5.95 Å². The number of H-pyrrole nitrogens is 1. The second kappa shape index (κ2) is 9.59. The monoisotopic (exact) mass is 443 g/mol. The van der Waals surface area contributed by atoms with Gasteiger partial charge in [-0.25, -0.2) is 9.97 Å². The van der Waals surface area contributed by atoms with Crippen LogP contribution in [0.3, 0.4) is 0 Å². The zero-order valence-corrected chi connectivity index (χ0v) is 18.3. The fourth-order valence-electron chi connectivity index (χ4n) is 3.52. The Balaban J connectivity index is 1.70. The Morgan fingerprint density at radius 3 is 3.13 bits per heavy atom. The second-order valence-corrected chi connectivity index (χ2v) is 7.95. The van der Waals surface area contributed by atoms with Crippen LogP contribution in [0.15, 0.2) is 29.6 Å². The molecule has 1 aliphatic rings. The minimum Gasteiger partial charge on any atom is -0.392 e. The van der Waals surface area contributed by atoms with Gasteiger partial charge < -0.3 is 20.1 Å². The van der Waals surface area contributed by atoms with Crippen molar-refractivity contribution in [2.24, 2.45) is 4.99 Å². The van der Waals surface area contributed by atoms with Gasteiger partial charge in [0.1, 0.15) is 5.49 Å². The number of aliphatic hydroxyl groups excluding tert-OH is 1. The summed E-state index contributed by atoms with van der Waals surface area (Å²) in [4.78, 5) is 16.6. The molecule has 4 rings (SSSR count). The molecule has 0 amide bonds. The van der Waals surface area contributed by atoms with Crippen LogP contribution in [-0.2, 0) is 11.3 Å². The molecule has 164 valence electrons. The lowest BCUT2D eigenvalue weighted by Gasteiger charge is -2.13. The van der Waals surface area contributed by atoms with E-state index in [9.17, 15) is 5.11 Å². The highest BCUT2D eigenvalue weighted by molar-refractivity contribution is 6.30. The van der Waals surface area contributed by atoms with Crippen molar-refractivity contribution < 1.29 is 9.84 Å². The zero-order chi connectivity index (χ0) is 21.8. The summed E-state index contributed by atoms with van der Waals surface area (Å²) in [6.07, 6.45) is 7.94. The molecule has 10 heteroatoms. The van der Waals surface area contributed by atoms with Gasteiger partial charge in [0.25, 0.3) is 0 Å². The number of aryl methyl sites for hydroxylation is 1. The number of aromatic amines is 1. The Bertz CT molecular complexity index is 1150. The minimum absolute atomic E-state index is 0.0247. The molecule has 3 aromatic rings. The third kappa shape index (κ3) is 4.95. The summed E-state index contributed by atoms with van der Waals surface area (Å²) < 4.78 is 7.10. The number of nitrogens with one attached hydrogen (secondary N) is 2. The van der Waals surface area contributed by atoms with Gasteiger partial charge in [0, 0.05) is 62.1 Å². The molecular weight excluding hydrogens is 418 g/mol. The predicted octanol–water partition coefficient (Wildman–Crippen LogP) is 1.35. The molecule has 1 aliphatic heterocycles. The number of fused-ring (bicyclic) bond motifs is 1. The van der Waals surface area contributed by atoms with E-state index in [1.54, 1.807) is 26.4 Å². The van der Waals surface area contributed by atoms with Crippen molar-refractivity contribution in [3.05, 3.63) is 46.1 Å². The SMILES string of the molecule is COCCCn1cc(-c2ccnc(NC[C@H](C)O)n2)c(C2C=c3c(Cl)c[nH]c3=NC2)n1. The molecule has 4 heterocycles. The molecule has 0 spiro atoms. The summed E-state index contributed by atoms with van der Waals surface area (Å²) in [5.74, 6) is 0.438. The highest BCUT2D eigenvalue weighted by Gasteiger charge is 2.22. The minimum atomic E-state index is -0.495. The maximum absolute atomic E-state index is 9.54. The molecule has 0 fully saturated rings. The maximum atomic E-state index is 9.54. The molecule has 9 nitrogen and oxygen atoms in total. The van der Waals surface area contributed by atoms with Crippen molar-refractivity contribution in [3.8, 4) is 11.3 Å². The van der Waals surface area contributed by atoms with Gasteiger partial charge >= 0.3 is 0 Å². The molecule has 2 atom stereocenters. The highest BCUT2D eigenvalue weighted by Crippen LogP contribution is 2.29. The van der Waals surface area contributed by atoms with Crippen LogP contribution in [0.5, 0.6) is 0 Å². The lowest BCUT2D eigenvalue weighted by atomic mass is 9.98. The van der Waals surface area contributed by atoms with E-state index < -0.39 is 6.10 Å². The molecule has 3 aromatic heterocycles. The molecule has 0 saturated carbocycles. The number of methoxy groups -OCH3 is 1. The number of rotatable bonds is 9. The van der Waals surface area contributed by atoms with E-state index in [-0.39, 0.29) is 5.92 Å². The largest absolute Gasteiger partial charge is 0.392 e. The number of aromatic nitrogens is 5. The molecular formula is C21H26ClN7O2. The zero-order valence-electron chi connectivity index (χ0n) is 17.5. The van der Waals surface area contributed by atoms with Crippen LogP contribution in [0, 0.1) is 0 Å². The first kappa shape index (κ1) is 21.5. The predicted molar refractivity (Wildman–Crippen MR) is 119 cm³/mol. The number of halogens is 1. The van der Waals surface area contributed by atoms with Crippen molar-refractivity contribution in [3.63, 3.8) is 0 Å². The second-order valence-electron chi connectivity index (χ2n) is 7.55. The smallest absolute Gasteiger partial charge is 0.223 e. The Kier molecular flexibility index (Phi) is 6.64. The van der Waals surface area contributed by atoms with Crippen LogP contribution < -0.4 is 16.0 Å². The molecule has 0 bridgehead atoms. The molecule has 1 unspecified atom stereocenters. The van der Waals surface area contributed by atoms with Gasteiger partial charge in [0.15, 0.2) is 0 Å². The fourth-order valence-corrected chi connectivity index (χ4v) is 3.73. The van der Waals surface area contributed by atoms with Crippen LogP contribution in [0.4, 0.5) is 5.95 Å². The van der Waals surface area contributed by atoms with E-state index in [0.717, 1.165) is 40.6 Å². The molecule has 31 heavy (non-hydrogen) atoms. The van der Waals surface area contributed by atoms with Gasteiger partial charge in [-0.2, -0.15) is 5.10 Å². The lowest BCUT2D eigenvalue weighted by molar-refractivity contribution is 0.189. The van der Waals surface area contributed by atoms with E-state index in [4.69, 9.17) is 21.4 Å². The summed E-state index contributed by atoms with van der Waals surface area (Å²) in [6, 6.07) is 1.86. The third-order valence-corrected chi connectivity index (χ3v) is 5.34.